The highest BCUT2D eigenvalue weighted by molar-refractivity contribution is 5.27. The van der Waals surface area contributed by atoms with E-state index < -0.39 is 0 Å². The minimum Gasteiger partial charge on any atom is -0.314 e. The van der Waals surface area contributed by atoms with Gasteiger partial charge in [0.25, 0.3) is 0 Å². The van der Waals surface area contributed by atoms with Crippen LogP contribution in [0.25, 0.3) is 0 Å². The lowest BCUT2D eigenvalue weighted by Crippen LogP contribution is -2.16. The molecule has 12 heavy (non-hydrogen) atoms. The van der Waals surface area contributed by atoms with Crippen molar-refractivity contribution in [2.24, 2.45) is 0 Å². The van der Waals surface area contributed by atoms with Gasteiger partial charge in [-0.05, 0) is 18.5 Å². The van der Waals surface area contributed by atoms with Gasteiger partial charge in [-0.2, -0.15) is 0 Å². The summed E-state index contributed by atoms with van der Waals surface area (Å²) in [5.74, 6) is 0.783. The van der Waals surface area contributed by atoms with Gasteiger partial charge in [-0.25, -0.2) is 0 Å². The highest BCUT2D eigenvalue weighted by Gasteiger charge is 2.36. The SMILES string of the molecule is CCN[C@H]1C[C@@H]1c1ccccc1. The molecule has 0 aromatic heterocycles. The summed E-state index contributed by atoms with van der Waals surface area (Å²) in [7, 11) is 0. The lowest BCUT2D eigenvalue weighted by atomic mass is 10.1. The second kappa shape index (κ2) is 3.28. The van der Waals surface area contributed by atoms with Crippen LogP contribution in [0.5, 0.6) is 0 Å². The van der Waals surface area contributed by atoms with Crippen molar-refractivity contribution in [1.82, 2.24) is 5.32 Å². The first kappa shape index (κ1) is 7.81. The van der Waals surface area contributed by atoms with E-state index in [0.29, 0.717) is 0 Å². The first-order valence-corrected chi connectivity index (χ1v) is 4.70. The Labute approximate surface area is 73.8 Å². The van der Waals surface area contributed by atoms with Gasteiger partial charge in [-0.3, -0.25) is 0 Å². The van der Waals surface area contributed by atoms with E-state index in [1.54, 1.807) is 0 Å². The fourth-order valence-corrected chi connectivity index (χ4v) is 1.75. The van der Waals surface area contributed by atoms with Crippen molar-refractivity contribution in [3.63, 3.8) is 0 Å². The summed E-state index contributed by atoms with van der Waals surface area (Å²) in [6, 6.07) is 11.5. The number of hydrogen-bond donors (Lipinski definition) is 1. The Morgan fingerprint density at radius 2 is 2.08 bits per heavy atom. The molecule has 0 saturated heterocycles. The van der Waals surface area contributed by atoms with Crippen molar-refractivity contribution >= 4 is 0 Å². The third-order valence-electron chi connectivity index (χ3n) is 2.48. The fourth-order valence-electron chi connectivity index (χ4n) is 1.75. The molecule has 0 spiro atoms. The fraction of sp³-hybridized carbons (Fsp3) is 0.455. The molecule has 2 atom stereocenters. The van der Waals surface area contributed by atoms with Crippen molar-refractivity contribution in [2.45, 2.75) is 25.3 Å². The highest BCUT2D eigenvalue weighted by Crippen LogP contribution is 2.40. The second-order valence-corrected chi connectivity index (χ2v) is 3.42. The van der Waals surface area contributed by atoms with Crippen molar-refractivity contribution in [2.75, 3.05) is 6.54 Å². The number of hydrogen-bond acceptors (Lipinski definition) is 1. The zero-order valence-corrected chi connectivity index (χ0v) is 7.46. The molecule has 0 aliphatic heterocycles. The Balaban J connectivity index is 1.97. The van der Waals surface area contributed by atoms with Crippen LogP contribution in [0.15, 0.2) is 30.3 Å². The largest absolute Gasteiger partial charge is 0.314 e. The van der Waals surface area contributed by atoms with E-state index in [4.69, 9.17) is 0 Å². The van der Waals surface area contributed by atoms with Crippen LogP contribution in [0, 0.1) is 0 Å². The molecule has 1 saturated carbocycles. The van der Waals surface area contributed by atoms with Crippen molar-refractivity contribution in [1.29, 1.82) is 0 Å². The maximum absolute atomic E-state index is 3.47. The van der Waals surface area contributed by atoms with E-state index in [1.807, 2.05) is 0 Å². The van der Waals surface area contributed by atoms with Crippen LogP contribution < -0.4 is 5.32 Å². The van der Waals surface area contributed by atoms with Gasteiger partial charge in [0.05, 0.1) is 0 Å². The standard InChI is InChI=1S/C11H15N/c1-2-12-11-8-10(11)9-6-4-3-5-7-9/h3-7,10-12H,2,8H2,1H3/t10-,11+/m1/s1. The quantitative estimate of drug-likeness (QED) is 0.716. The Hall–Kier alpha value is -0.820. The van der Waals surface area contributed by atoms with Crippen LogP contribution in [0.3, 0.4) is 0 Å². The molecule has 1 aliphatic carbocycles. The summed E-state index contributed by atoms with van der Waals surface area (Å²) in [5.41, 5.74) is 1.49. The maximum atomic E-state index is 3.47. The number of rotatable bonds is 3. The van der Waals surface area contributed by atoms with E-state index in [0.717, 1.165) is 18.5 Å². The molecule has 0 unspecified atom stereocenters. The Kier molecular flexibility index (Phi) is 2.13. The zero-order valence-electron chi connectivity index (χ0n) is 7.46. The van der Waals surface area contributed by atoms with Gasteiger partial charge in [0, 0.05) is 12.0 Å². The Morgan fingerprint density at radius 1 is 1.33 bits per heavy atom. The molecular formula is C11H15N. The number of likely N-dealkylation sites (N-methyl/N-ethyl adjacent to an activating group) is 1. The lowest BCUT2D eigenvalue weighted by Gasteiger charge is -1.99. The average molecular weight is 161 g/mol. The van der Waals surface area contributed by atoms with E-state index in [1.165, 1.54) is 12.0 Å². The van der Waals surface area contributed by atoms with E-state index in [9.17, 15) is 0 Å². The van der Waals surface area contributed by atoms with E-state index >= 15 is 0 Å². The molecule has 1 aliphatic rings. The number of nitrogens with one attached hydrogen (secondary N) is 1. The predicted octanol–water partition coefficient (Wildman–Crippen LogP) is 2.15. The van der Waals surface area contributed by atoms with Crippen LogP contribution in [0.4, 0.5) is 0 Å². The molecule has 0 bridgehead atoms. The average Bonchev–Trinajstić information content (AvgIpc) is 2.87. The third kappa shape index (κ3) is 1.51. The van der Waals surface area contributed by atoms with Gasteiger partial charge in [0.1, 0.15) is 0 Å². The lowest BCUT2D eigenvalue weighted by molar-refractivity contribution is 0.703. The molecule has 1 nitrogen and oxygen atoms in total. The smallest absolute Gasteiger partial charge is 0.0143 e. The molecule has 1 fully saturated rings. The topological polar surface area (TPSA) is 12.0 Å². The van der Waals surface area contributed by atoms with Gasteiger partial charge in [0.15, 0.2) is 0 Å². The molecule has 0 heterocycles. The molecule has 1 heteroatoms. The zero-order chi connectivity index (χ0) is 8.39. The summed E-state index contributed by atoms with van der Waals surface area (Å²) < 4.78 is 0. The van der Waals surface area contributed by atoms with Gasteiger partial charge in [0.2, 0.25) is 0 Å². The Bertz CT molecular complexity index is 242. The second-order valence-electron chi connectivity index (χ2n) is 3.42. The highest BCUT2D eigenvalue weighted by atomic mass is 15.0. The van der Waals surface area contributed by atoms with Crippen molar-refractivity contribution in [3.8, 4) is 0 Å². The normalized spacial score (nSPS) is 27.1. The molecule has 1 aromatic carbocycles. The maximum Gasteiger partial charge on any atom is 0.0143 e. The minimum absolute atomic E-state index is 0.748. The third-order valence-corrected chi connectivity index (χ3v) is 2.48. The van der Waals surface area contributed by atoms with E-state index in [2.05, 4.69) is 42.6 Å². The number of benzene rings is 1. The summed E-state index contributed by atoms with van der Waals surface area (Å²) in [6.45, 7) is 3.26. The van der Waals surface area contributed by atoms with Crippen LogP contribution in [0.1, 0.15) is 24.8 Å². The van der Waals surface area contributed by atoms with Gasteiger partial charge < -0.3 is 5.32 Å². The van der Waals surface area contributed by atoms with Crippen LogP contribution >= 0.6 is 0 Å². The van der Waals surface area contributed by atoms with Crippen LogP contribution in [-0.4, -0.2) is 12.6 Å². The van der Waals surface area contributed by atoms with E-state index in [-0.39, 0.29) is 0 Å². The molecule has 1 aromatic rings. The van der Waals surface area contributed by atoms with Crippen LogP contribution in [0.2, 0.25) is 0 Å². The van der Waals surface area contributed by atoms with Gasteiger partial charge in [-0.15, -0.1) is 0 Å². The molecule has 1 N–H and O–H groups in total. The summed E-state index contributed by atoms with van der Waals surface area (Å²) in [4.78, 5) is 0. The molecule has 0 radical (unpaired) electrons. The summed E-state index contributed by atoms with van der Waals surface area (Å²) in [5, 5.41) is 3.47. The van der Waals surface area contributed by atoms with Crippen molar-refractivity contribution < 1.29 is 0 Å². The molecule has 2 rings (SSSR count). The molecule has 64 valence electrons. The monoisotopic (exact) mass is 161 g/mol. The Morgan fingerprint density at radius 3 is 2.75 bits per heavy atom. The summed E-state index contributed by atoms with van der Waals surface area (Å²) in [6.07, 6.45) is 1.32. The van der Waals surface area contributed by atoms with Gasteiger partial charge >= 0.3 is 0 Å². The first-order chi connectivity index (χ1) is 5.92. The summed E-state index contributed by atoms with van der Waals surface area (Å²) >= 11 is 0. The van der Waals surface area contributed by atoms with Crippen LogP contribution in [-0.2, 0) is 0 Å². The molecule has 0 amide bonds. The molecular weight excluding hydrogens is 146 g/mol. The minimum atomic E-state index is 0.748. The van der Waals surface area contributed by atoms with Gasteiger partial charge in [-0.1, -0.05) is 37.3 Å². The first-order valence-electron chi connectivity index (χ1n) is 4.70. The predicted molar refractivity (Wildman–Crippen MR) is 51.3 cm³/mol. The van der Waals surface area contributed by atoms with Crippen molar-refractivity contribution in [3.05, 3.63) is 35.9 Å².